The van der Waals surface area contributed by atoms with Gasteiger partial charge in [0, 0.05) is 27.8 Å². The summed E-state index contributed by atoms with van der Waals surface area (Å²) >= 11 is 0. The van der Waals surface area contributed by atoms with Gasteiger partial charge in [0.05, 0.1) is 17.6 Å². The number of hydrogen-bond donors (Lipinski definition) is 0. The molecular weight excluding hydrogens is 623 g/mol. The predicted molar refractivity (Wildman–Crippen MR) is 209 cm³/mol. The Hall–Kier alpha value is -7.16. The molecule has 0 atom stereocenters. The molecule has 5 nitrogen and oxygen atoms in total. The van der Waals surface area contributed by atoms with E-state index in [9.17, 15) is 0 Å². The second-order valence-corrected chi connectivity index (χ2v) is 12.8. The number of fused-ring (bicyclic) bond motifs is 6. The number of nitrogens with zero attached hydrogens (tertiary/aromatic N) is 5. The molecule has 236 valence electrons. The quantitative estimate of drug-likeness (QED) is 0.178. The van der Waals surface area contributed by atoms with Crippen LogP contribution < -0.4 is 0 Å². The fourth-order valence-corrected chi connectivity index (χ4v) is 7.40. The fraction of sp³-hybridized carbons (Fsp3) is 0. The van der Waals surface area contributed by atoms with E-state index in [4.69, 9.17) is 21.5 Å². The third kappa shape index (κ3) is 4.74. The lowest BCUT2D eigenvalue weighted by molar-refractivity contribution is 1.08. The van der Waals surface area contributed by atoms with Crippen LogP contribution in [0.1, 0.15) is 0 Å². The molecule has 0 N–H and O–H groups in total. The van der Waals surface area contributed by atoms with Gasteiger partial charge in [0.15, 0.2) is 23.2 Å². The zero-order valence-electron chi connectivity index (χ0n) is 27.3. The highest BCUT2D eigenvalue weighted by molar-refractivity contribution is 6.11. The highest BCUT2D eigenvalue weighted by atomic mass is 15.0. The molecule has 0 amide bonds. The standard InChI is InChI=1S/C46H27N5/c1-47-34-22-25-43-41(28-34)40-27-33(21-24-42(40)51(43)35-23-20-29-10-2-3-13-32(29)26-35)44-48-45(38-18-8-14-30-11-4-6-16-36(30)38)50-46(49-44)39-19-9-15-31-12-5-7-17-37(31)39/h2-28H. The molecule has 0 radical (unpaired) electrons. The van der Waals surface area contributed by atoms with E-state index in [2.05, 4.69) is 161 Å². The third-order valence-electron chi connectivity index (χ3n) is 9.82. The summed E-state index contributed by atoms with van der Waals surface area (Å²) in [7, 11) is 0. The van der Waals surface area contributed by atoms with Gasteiger partial charge in [-0.05, 0) is 80.2 Å². The predicted octanol–water partition coefficient (Wildman–Crippen LogP) is 12.0. The van der Waals surface area contributed by atoms with Gasteiger partial charge in [-0.3, -0.25) is 0 Å². The van der Waals surface area contributed by atoms with E-state index in [-0.39, 0.29) is 0 Å². The minimum Gasteiger partial charge on any atom is -0.309 e. The van der Waals surface area contributed by atoms with Crippen LogP contribution in [0.4, 0.5) is 5.69 Å². The van der Waals surface area contributed by atoms with Crippen molar-refractivity contribution in [2.24, 2.45) is 0 Å². The molecule has 0 aliphatic rings. The molecule has 10 aromatic rings. The maximum Gasteiger partial charge on any atom is 0.188 e. The highest BCUT2D eigenvalue weighted by Gasteiger charge is 2.19. The van der Waals surface area contributed by atoms with Crippen molar-refractivity contribution in [2.75, 3.05) is 0 Å². The van der Waals surface area contributed by atoms with Crippen LogP contribution in [0.3, 0.4) is 0 Å². The first kappa shape index (κ1) is 28.8. The van der Waals surface area contributed by atoms with E-state index in [1.54, 1.807) is 0 Å². The SMILES string of the molecule is [C-]#[N+]c1ccc2c(c1)c1cc(-c3nc(-c4cccc5ccccc45)nc(-c4cccc5ccccc45)n3)ccc1n2-c1ccc2ccccc2c1. The minimum absolute atomic E-state index is 0.589. The van der Waals surface area contributed by atoms with Crippen molar-refractivity contribution in [3.63, 3.8) is 0 Å². The van der Waals surface area contributed by atoms with E-state index in [0.29, 0.717) is 23.2 Å². The van der Waals surface area contributed by atoms with Crippen LogP contribution in [0.15, 0.2) is 164 Å². The molecule has 0 bridgehead atoms. The van der Waals surface area contributed by atoms with Crippen LogP contribution in [0, 0.1) is 6.57 Å². The van der Waals surface area contributed by atoms with E-state index in [0.717, 1.165) is 65.7 Å². The van der Waals surface area contributed by atoms with Gasteiger partial charge in [-0.2, -0.15) is 0 Å². The van der Waals surface area contributed by atoms with Gasteiger partial charge in [0.1, 0.15) is 0 Å². The van der Waals surface area contributed by atoms with Crippen LogP contribution in [0.5, 0.6) is 0 Å². The molecule has 2 aromatic heterocycles. The van der Waals surface area contributed by atoms with Crippen molar-refractivity contribution in [3.05, 3.63) is 175 Å². The highest BCUT2D eigenvalue weighted by Crippen LogP contribution is 2.38. The lowest BCUT2D eigenvalue weighted by atomic mass is 10.0. The van der Waals surface area contributed by atoms with Gasteiger partial charge in [0.25, 0.3) is 0 Å². The van der Waals surface area contributed by atoms with Gasteiger partial charge in [0.2, 0.25) is 0 Å². The zero-order chi connectivity index (χ0) is 33.9. The van der Waals surface area contributed by atoms with Crippen LogP contribution >= 0.6 is 0 Å². The Morgan fingerprint density at radius 2 is 0.961 bits per heavy atom. The summed E-state index contributed by atoms with van der Waals surface area (Å²) in [4.78, 5) is 19.3. The third-order valence-corrected chi connectivity index (χ3v) is 9.82. The number of benzene rings is 8. The Bertz CT molecular complexity index is 2950. The van der Waals surface area contributed by atoms with Crippen molar-refractivity contribution in [1.82, 2.24) is 19.5 Å². The van der Waals surface area contributed by atoms with Crippen LogP contribution in [0.2, 0.25) is 0 Å². The molecule has 51 heavy (non-hydrogen) atoms. The summed E-state index contributed by atoms with van der Waals surface area (Å²) in [6.07, 6.45) is 0. The summed E-state index contributed by atoms with van der Waals surface area (Å²) < 4.78 is 2.28. The van der Waals surface area contributed by atoms with Gasteiger partial charge < -0.3 is 4.57 Å². The normalized spacial score (nSPS) is 11.5. The summed E-state index contributed by atoms with van der Waals surface area (Å²) in [6, 6.07) is 56.5. The lowest BCUT2D eigenvalue weighted by Crippen LogP contribution is -2.01. The van der Waals surface area contributed by atoms with E-state index >= 15 is 0 Å². The van der Waals surface area contributed by atoms with Crippen molar-refractivity contribution in [3.8, 4) is 39.9 Å². The van der Waals surface area contributed by atoms with Crippen molar-refractivity contribution in [1.29, 1.82) is 0 Å². The minimum atomic E-state index is 0.589. The largest absolute Gasteiger partial charge is 0.309 e. The van der Waals surface area contributed by atoms with Gasteiger partial charge >= 0.3 is 0 Å². The van der Waals surface area contributed by atoms with Crippen molar-refractivity contribution < 1.29 is 0 Å². The first-order valence-corrected chi connectivity index (χ1v) is 16.9. The molecular formula is C46H27N5. The van der Waals surface area contributed by atoms with Gasteiger partial charge in [-0.1, -0.05) is 121 Å². The zero-order valence-corrected chi connectivity index (χ0v) is 27.3. The second kappa shape index (κ2) is 11.5. The smallest absolute Gasteiger partial charge is 0.188 e. The average Bonchev–Trinajstić information content (AvgIpc) is 3.53. The number of aromatic nitrogens is 4. The average molecular weight is 650 g/mol. The van der Waals surface area contributed by atoms with Crippen molar-refractivity contribution in [2.45, 2.75) is 0 Å². The van der Waals surface area contributed by atoms with Gasteiger partial charge in [-0.15, -0.1) is 0 Å². The van der Waals surface area contributed by atoms with E-state index < -0.39 is 0 Å². The Kier molecular flexibility index (Phi) is 6.48. The fourth-order valence-electron chi connectivity index (χ4n) is 7.40. The summed E-state index contributed by atoms with van der Waals surface area (Å²) in [6.45, 7) is 7.78. The Labute approximate surface area is 293 Å². The first-order chi connectivity index (χ1) is 25.2. The van der Waals surface area contributed by atoms with Gasteiger partial charge in [-0.25, -0.2) is 19.8 Å². The Morgan fingerprint density at radius 1 is 0.412 bits per heavy atom. The molecule has 0 aliphatic carbocycles. The molecule has 0 fully saturated rings. The maximum atomic E-state index is 7.78. The topological polar surface area (TPSA) is 48.0 Å². The molecule has 8 aromatic carbocycles. The first-order valence-electron chi connectivity index (χ1n) is 16.9. The molecule has 2 heterocycles. The molecule has 0 unspecified atom stereocenters. The monoisotopic (exact) mass is 649 g/mol. The molecule has 0 saturated heterocycles. The number of rotatable bonds is 4. The Morgan fingerprint density at radius 3 is 1.63 bits per heavy atom. The van der Waals surface area contributed by atoms with E-state index in [1.165, 1.54) is 10.8 Å². The number of hydrogen-bond acceptors (Lipinski definition) is 3. The maximum absolute atomic E-state index is 7.78. The molecule has 5 heteroatoms. The summed E-state index contributed by atoms with van der Waals surface area (Å²) in [5.74, 6) is 1.83. The molecule has 0 saturated carbocycles. The molecule has 10 rings (SSSR count). The Balaban J connectivity index is 1.23. The summed E-state index contributed by atoms with van der Waals surface area (Å²) in [5.41, 5.74) is 6.52. The second-order valence-electron chi connectivity index (χ2n) is 12.8. The summed E-state index contributed by atoms with van der Waals surface area (Å²) in [5, 5.41) is 8.82. The molecule has 0 aliphatic heterocycles. The van der Waals surface area contributed by atoms with Crippen LogP contribution in [0.25, 0.3) is 98.8 Å². The molecule has 0 spiro atoms. The van der Waals surface area contributed by atoms with Crippen molar-refractivity contribution >= 4 is 59.8 Å². The van der Waals surface area contributed by atoms with Crippen LogP contribution in [-0.4, -0.2) is 19.5 Å². The van der Waals surface area contributed by atoms with Crippen LogP contribution in [-0.2, 0) is 0 Å². The van der Waals surface area contributed by atoms with E-state index in [1.807, 2.05) is 12.1 Å². The lowest BCUT2D eigenvalue weighted by Gasteiger charge is -2.12.